The number of rotatable bonds is 4. The number of anilines is 1. The van der Waals surface area contributed by atoms with Gasteiger partial charge in [-0.2, -0.15) is 16.9 Å². The Morgan fingerprint density at radius 1 is 1.58 bits per heavy atom. The van der Waals surface area contributed by atoms with Gasteiger partial charge in [-0.15, -0.1) is 0 Å². The molecule has 1 aromatic rings. The van der Waals surface area contributed by atoms with E-state index in [1.807, 2.05) is 18.7 Å². The number of amides is 1. The molecule has 0 spiro atoms. The van der Waals surface area contributed by atoms with Crippen LogP contribution in [0.25, 0.3) is 0 Å². The summed E-state index contributed by atoms with van der Waals surface area (Å²) in [5, 5.41) is 8.03. The highest BCUT2D eigenvalue weighted by Crippen LogP contribution is 2.28. The first kappa shape index (κ1) is 14.2. The van der Waals surface area contributed by atoms with Crippen molar-refractivity contribution in [1.29, 1.82) is 0 Å². The molecule has 1 fully saturated rings. The number of nitrogens with one attached hydrogen (secondary N) is 1. The molecule has 1 aliphatic carbocycles. The number of nitrogen functional groups attached to an aromatic ring is 1. The number of aromatic nitrogens is 2. The Kier molecular flexibility index (Phi) is 4.39. The molecule has 1 amide bonds. The summed E-state index contributed by atoms with van der Waals surface area (Å²) < 4.78 is 1.59. The highest BCUT2D eigenvalue weighted by Gasteiger charge is 2.27. The van der Waals surface area contributed by atoms with E-state index in [4.69, 9.17) is 5.73 Å². The minimum absolute atomic E-state index is 0.0982. The van der Waals surface area contributed by atoms with Crippen LogP contribution in [0.2, 0.25) is 0 Å². The Morgan fingerprint density at radius 3 is 2.84 bits per heavy atom. The minimum atomic E-state index is -0.0982. The molecule has 0 bridgehead atoms. The molecule has 3 N–H and O–H groups in total. The fourth-order valence-electron chi connectivity index (χ4n) is 2.67. The second-order valence-corrected chi connectivity index (χ2v) is 6.17. The van der Waals surface area contributed by atoms with E-state index in [0.717, 1.165) is 25.0 Å². The first-order valence-electron chi connectivity index (χ1n) is 6.71. The first-order valence-corrected chi connectivity index (χ1v) is 8.00. The van der Waals surface area contributed by atoms with Crippen LogP contribution >= 0.6 is 11.8 Å². The van der Waals surface area contributed by atoms with E-state index in [1.165, 1.54) is 6.42 Å². The summed E-state index contributed by atoms with van der Waals surface area (Å²) in [6, 6.07) is 0.268. The average Bonchev–Trinajstić information content (AvgIpc) is 2.93. The van der Waals surface area contributed by atoms with E-state index in [0.29, 0.717) is 16.6 Å². The van der Waals surface area contributed by atoms with Crippen molar-refractivity contribution in [3.05, 3.63) is 11.4 Å². The summed E-state index contributed by atoms with van der Waals surface area (Å²) >= 11 is 1.88. The monoisotopic (exact) mass is 282 g/mol. The van der Waals surface area contributed by atoms with Crippen molar-refractivity contribution in [2.75, 3.05) is 12.0 Å². The lowest BCUT2D eigenvalue weighted by Crippen LogP contribution is -2.34. The van der Waals surface area contributed by atoms with Crippen molar-refractivity contribution in [3.63, 3.8) is 0 Å². The van der Waals surface area contributed by atoms with Crippen molar-refractivity contribution >= 4 is 23.4 Å². The Morgan fingerprint density at radius 2 is 2.32 bits per heavy atom. The van der Waals surface area contributed by atoms with Crippen molar-refractivity contribution in [1.82, 2.24) is 15.1 Å². The molecule has 0 saturated heterocycles. The number of nitrogens with two attached hydrogens (primary N) is 1. The van der Waals surface area contributed by atoms with Crippen LogP contribution in [-0.2, 0) is 13.5 Å². The van der Waals surface area contributed by atoms with Gasteiger partial charge < -0.3 is 11.1 Å². The van der Waals surface area contributed by atoms with Crippen LogP contribution < -0.4 is 11.1 Å². The molecule has 0 radical (unpaired) electrons. The van der Waals surface area contributed by atoms with E-state index < -0.39 is 0 Å². The van der Waals surface area contributed by atoms with Gasteiger partial charge in [0.05, 0.1) is 11.4 Å². The van der Waals surface area contributed by atoms with Crippen LogP contribution in [0, 0.1) is 0 Å². The minimum Gasteiger partial charge on any atom is -0.395 e. The van der Waals surface area contributed by atoms with E-state index in [9.17, 15) is 4.79 Å². The molecule has 19 heavy (non-hydrogen) atoms. The summed E-state index contributed by atoms with van der Waals surface area (Å²) in [4.78, 5) is 12.3. The van der Waals surface area contributed by atoms with Gasteiger partial charge in [0.2, 0.25) is 0 Å². The predicted octanol–water partition coefficient (Wildman–Crippen LogP) is 1.58. The second kappa shape index (κ2) is 5.86. The zero-order valence-electron chi connectivity index (χ0n) is 11.8. The number of nitrogens with zero attached hydrogens (tertiary/aromatic N) is 2. The topological polar surface area (TPSA) is 72.9 Å². The summed E-state index contributed by atoms with van der Waals surface area (Å²) in [6.45, 7) is 1.99. The standard InChI is InChI=1S/C13H22N4OS/c1-4-10-11(14)12(17(2)16-10)13(18)15-8-5-6-9(7-8)19-3/h8-9H,4-7,14H2,1-3H3,(H,15,18). The molecule has 5 nitrogen and oxygen atoms in total. The molecule has 1 saturated carbocycles. The van der Waals surface area contributed by atoms with Gasteiger partial charge in [-0.05, 0) is 31.9 Å². The number of carbonyl (C=O) groups is 1. The Hall–Kier alpha value is -1.17. The third-order valence-electron chi connectivity index (χ3n) is 3.76. The fraction of sp³-hybridized carbons (Fsp3) is 0.692. The number of aryl methyl sites for hydroxylation is 2. The molecule has 0 aromatic carbocycles. The van der Waals surface area contributed by atoms with Crippen molar-refractivity contribution in [2.45, 2.75) is 43.9 Å². The molecule has 1 aliphatic rings. The Bertz CT molecular complexity index is 471. The summed E-state index contributed by atoms with van der Waals surface area (Å²) in [5.74, 6) is -0.0982. The zero-order valence-corrected chi connectivity index (χ0v) is 12.6. The molecular weight excluding hydrogens is 260 g/mol. The molecule has 0 aliphatic heterocycles. The van der Waals surface area contributed by atoms with Gasteiger partial charge in [-0.25, -0.2) is 0 Å². The van der Waals surface area contributed by atoms with Gasteiger partial charge in [0.15, 0.2) is 0 Å². The van der Waals surface area contributed by atoms with Crippen LogP contribution in [0.4, 0.5) is 5.69 Å². The molecule has 2 unspecified atom stereocenters. The Labute approximate surface area is 118 Å². The van der Waals surface area contributed by atoms with Gasteiger partial charge in [0.1, 0.15) is 5.69 Å². The molecule has 1 aromatic heterocycles. The van der Waals surface area contributed by atoms with Crippen molar-refractivity contribution < 1.29 is 4.79 Å². The van der Waals surface area contributed by atoms with Crippen LogP contribution in [0.1, 0.15) is 42.4 Å². The third-order valence-corrected chi connectivity index (χ3v) is 4.86. The Balaban J connectivity index is 2.06. The summed E-state index contributed by atoms with van der Waals surface area (Å²) in [7, 11) is 1.77. The van der Waals surface area contributed by atoms with E-state index >= 15 is 0 Å². The van der Waals surface area contributed by atoms with Gasteiger partial charge >= 0.3 is 0 Å². The first-order chi connectivity index (χ1) is 9.06. The molecule has 1 heterocycles. The maximum Gasteiger partial charge on any atom is 0.271 e. The lowest BCUT2D eigenvalue weighted by atomic mass is 10.2. The number of carbonyl (C=O) groups excluding carboxylic acids is 1. The molecule has 106 valence electrons. The molecule has 2 rings (SSSR count). The lowest BCUT2D eigenvalue weighted by molar-refractivity contribution is 0.0929. The van der Waals surface area contributed by atoms with Gasteiger partial charge in [-0.1, -0.05) is 6.92 Å². The molecule has 2 atom stereocenters. The molecule has 6 heteroatoms. The van der Waals surface area contributed by atoms with Gasteiger partial charge in [0.25, 0.3) is 5.91 Å². The maximum absolute atomic E-state index is 12.3. The van der Waals surface area contributed by atoms with Crippen LogP contribution in [0.15, 0.2) is 0 Å². The number of hydrogen-bond donors (Lipinski definition) is 2. The van der Waals surface area contributed by atoms with Gasteiger partial charge in [-0.3, -0.25) is 9.48 Å². The third kappa shape index (κ3) is 2.88. The van der Waals surface area contributed by atoms with E-state index in [-0.39, 0.29) is 11.9 Å². The lowest BCUT2D eigenvalue weighted by Gasteiger charge is -2.13. The summed E-state index contributed by atoms with van der Waals surface area (Å²) in [6.07, 6.45) is 6.14. The highest BCUT2D eigenvalue weighted by molar-refractivity contribution is 7.99. The quantitative estimate of drug-likeness (QED) is 0.879. The number of hydrogen-bond acceptors (Lipinski definition) is 4. The van der Waals surface area contributed by atoms with Crippen LogP contribution in [-0.4, -0.2) is 33.2 Å². The molecular formula is C13H22N4OS. The van der Waals surface area contributed by atoms with Gasteiger partial charge in [0, 0.05) is 18.3 Å². The van der Waals surface area contributed by atoms with Crippen LogP contribution in [0.5, 0.6) is 0 Å². The maximum atomic E-state index is 12.3. The second-order valence-electron chi connectivity index (χ2n) is 5.03. The fourth-order valence-corrected chi connectivity index (χ4v) is 3.46. The normalized spacial score (nSPS) is 22.7. The van der Waals surface area contributed by atoms with E-state index in [2.05, 4.69) is 16.7 Å². The largest absolute Gasteiger partial charge is 0.395 e. The van der Waals surface area contributed by atoms with Crippen molar-refractivity contribution in [3.8, 4) is 0 Å². The highest BCUT2D eigenvalue weighted by atomic mass is 32.2. The van der Waals surface area contributed by atoms with E-state index in [1.54, 1.807) is 11.7 Å². The number of thioether (sulfide) groups is 1. The zero-order chi connectivity index (χ0) is 14.0. The summed E-state index contributed by atoms with van der Waals surface area (Å²) in [5.41, 5.74) is 7.79. The van der Waals surface area contributed by atoms with Crippen LogP contribution in [0.3, 0.4) is 0 Å². The predicted molar refractivity (Wildman–Crippen MR) is 79.4 cm³/mol. The average molecular weight is 282 g/mol. The smallest absolute Gasteiger partial charge is 0.271 e. The van der Waals surface area contributed by atoms with Crippen molar-refractivity contribution in [2.24, 2.45) is 7.05 Å². The SMILES string of the molecule is CCc1nn(C)c(C(=O)NC2CCC(SC)C2)c1N.